The zero-order chi connectivity index (χ0) is 9.97. The van der Waals surface area contributed by atoms with E-state index in [2.05, 4.69) is 15.2 Å². The number of aryl methyl sites for hydroxylation is 1. The zero-order valence-corrected chi connectivity index (χ0v) is 8.07. The molecule has 1 aromatic heterocycles. The number of pyridine rings is 1. The third-order valence-electron chi connectivity index (χ3n) is 2.16. The maximum atomic E-state index is 5.53. The van der Waals surface area contributed by atoms with Crippen LogP contribution in [-0.2, 0) is 0 Å². The number of nitrogens with zero attached hydrogens (tertiary/aromatic N) is 3. The van der Waals surface area contributed by atoms with Crippen LogP contribution in [0.3, 0.4) is 0 Å². The van der Waals surface area contributed by atoms with Crippen molar-refractivity contribution in [2.24, 2.45) is 15.9 Å². The second-order valence-electron chi connectivity index (χ2n) is 3.33. The van der Waals surface area contributed by atoms with Crippen LogP contribution < -0.4 is 5.73 Å². The van der Waals surface area contributed by atoms with E-state index < -0.39 is 0 Å². The first-order valence-electron chi connectivity index (χ1n) is 4.57. The van der Waals surface area contributed by atoms with Crippen molar-refractivity contribution in [1.82, 2.24) is 4.98 Å². The molecule has 4 nitrogen and oxygen atoms in total. The van der Waals surface area contributed by atoms with Crippen molar-refractivity contribution in [1.29, 1.82) is 0 Å². The van der Waals surface area contributed by atoms with Crippen LogP contribution in [-0.4, -0.2) is 16.5 Å². The summed E-state index contributed by atoms with van der Waals surface area (Å²) >= 11 is 0. The highest BCUT2D eigenvalue weighted by atomic mass is 15.2. The number of nitrogens with two attached hydrogens (primary N) is 1. The molecule has 0 spiro atoms. The Balaban J connectivity index is 2.28. The minimum Gasteiger partial charge on any atom is -0.386 e. The molecule has 0 radical (unpaired) electrons. The fourth-order valence-electron chi connectivity index (χ4n) is 1.31. The third kappa shape index (κ3) is 1.79. The number of hydrogen-bond acceptors (Lipinski definition) is 4. The van der Waals surface area contributed by atoms with E-state index in [1.54, 1.807) is 0 Å². The monoisotopic (exact) mass is 188 g/mol. The van der Waals surface area contributed by atoms with E-state index >= 15 is 0 Å². The molecule has 2 heterocycles. The Bertz CT molecular complexity index is 389. The molecule has 1 aromatic rings. The summed E-state index contributed by atoms with van der Waals surface area (Å²) in [7, 11) is 0. The highest BCUT2D eigenvalue weighted by molar-refractivity contribution is 6.03. The topological polar surface area (TPSA) is 63.6 Å². The van der Waals surface area contributed by atoms with Gasteiger partial charge in [-0.15, -0.1) is 5.10 Å². The molecule has 0 unspecified atom stereocenters. The normalized spacial score (nSPS) is 16.1. The second kappa shape index (κ2) is 3.57. The molecule has 2 N–H and O–H groups in total. The molecular weight excluding hydrogens is 176 g/mol. The molecule has 72 valence electrons. The Morgan fingerprint density at radius 3 is 2.64 bits per heavy atom. The molecule has 1 aliphatic heterocycles. The van der Waals surface area contributed by atoms with Gasteiger partial charge in [0.25, 0.3) is 0 Å². The lowest BCUT2D eigenvalue weighted by atomic mass is 10.1. The van der Waals surface area contributed by atoms with Crippen LogP contribution >= 0.6 is 0 Å². The van der Waals surface area contributed by atoms with Crippen LogP contribution in [0.2, 0.25) is 0 Å². The minimum absolute atomic E-state index is 0.605. The summed E-state index contributed by atoms with van der Waals surface area (Å²) in [5.41, 5.74) is 8.53. The molecule has 0 aromatic carbocycles. The van der Waals surface area contributed by atoms with Crippen molar-refractivity contribution in [3.63, 3.8) is 0 Å². The summed E-state index contributed by atoms with van der Waals surface area (Å²) in [6.07, 6.45) is 3.46. The molecule has 4 heteroatoms. The van der Waals surface area contributed by atoms with Crippen LogP contribution in [0.25, 0.3) is 0 Å². The first kappa shape index (κ1) is 8.87. The van der Waals surface area contributed by atoms with Gasteiger partial charge in [0.15, 0.2) is 0 Å². The first-order valence-corrected chi connectivity index (χ1v) is 4.57. The van der Waals surface area contributed by atoms with Crippen LogP contribution in [0.1, 0.15) is 24.1 Å². The van der Waals surface area contributed by atoms with Crippen molar-refractivity contribution in [3.8, 4) is 0 Å². The van der Waals surface area contributed by atoms with Gasteiger partial charge in [-0.05, 0) is 25.5 Å². The fourth-order valence-corrected chi connectivity index (χ4v) is 1.31. The highest BCUT2D eigenvalue weighted by Crippen LogP contribution is 2.10. The third-order valence-corrected chi connectivity index (χ3v) is 2.16. The molecule has 0 saturated carbocycles. The summed E-state index contributed by atoms with van der Waals surface area (Å²) in [6, 6.07) is 3.98. The summed E-state index contributed by atoms with van der Waals surface area (Å²) in [5.74, 6) is 0.605. The summed E-state index contributed by atoms with van der Waals surface area (Å²) < 4.78 is 0. The molecule has 0 fully saturated rings. The molecule has 2 rings (SSSR count). The number of hydrogen-bond donors (Lipinski definition) is 1. The largest absolute Gasteiger partial charge is 0.386 e. The predicted molar refractivity (Wildman–Crippen MR) is 56.4 cm³/mol. The standard InChI is InChI=1S/C10H12N4/c1-7-2-3-8(6-12-7)9-4-5-10(11)14-13-9/h2-3,6H,4-5H2,1H3,(H2,11,14). The van der Waals surface area contributed by atoms with Gasteiger partial charge < -0.3 is 5.73 Å². The summed E-state index contributed by atoms with van der Waals surface area (Å²) in [6.45, 7) is 1.96. The highest BCUT2D eigenvalue weighted by Gasteiger charge is 2.09. The lowest BCUT2D eigenvalue weighted by Gasteiger charge is -2.08. The first-order chi connectivity index (χ1) is 6.75. The van der Waals surface area contributed by atoms with E-state index in [9.17, 15) is 0 Å². The lowest BCUT2D eigenvalue weighted by molar-refractivity contribution is 1.02. The maximum Gasteiger partial charge on any atom is 0.122 e. The molecule has 0 aliphatic carbocycles. The van der Waals surface area contributed by atoms with Gasteiger partial charge in [-0.3, -0.25) is 4.98 Å². The van der Waals surface area contributed by atoms with Crippen LogP contribution in [0.5, 0.6) is 0 Å². The van der Waals surface area contributed by atoms with Crippen molar-refractivity contribution >= 4 is 11.5 Å². The van der Waals surface area contributed by atoms with E-state index in [4.69, 9.17) is 5.73 Å². The lowest BCUT2D eigenvalue weighted by Crippen LogP contribution is -2.17. The smallest absolute Gasteiger partial charge is 0.122 e. The molecule has 0 atom stereocenters. The minimum atomic E-state index is 0.605. The summed E-state index contributed by atoms with van der Waals surface area (Å²) in [5, 5.41) is 7.91. The van der Waals surface area contributed by atoms with Crippen LogP contribution in [0, 0.1) is 6.92 Å². The molecule has 1 aliphatic rings. The van der Waals surface area contributed by atoms with E-state index in [1.807, 2.05) is 25.3 Å². The molecule has 0 saturated heterocycles. The number of amidine groups is 1. The molecular formula is C10H12N4. The molecule has 0 bridgehead atoms. The van der Waals surface area contributed by atoms with Crippen molar-refractivity contribution in [2.75, 3.05) is 0 Å². The second-order valence-corrected chi connectivity index (χ2v) is 3.33. The van der Waals surface area contributed by atoms with Crippen molar-refractivity contribution in [3.05, 3.63) is 29.6 Å². The van der Waals surface area contributed by atoms with Gasteiger partial charge in [-0.2, -0.15) is 5.10 Å². The van der Waals surface area contributed by atoms with Crippen molar-refractivity contribution < 1.29 is 0 Å². The summed E-state index contributed by atoms with van der Waals surface area (Å²) in [4.78, 5) is 4.21. The Morgan fingerprint density at radius 2 is 2.07 bits per heavy atom. The van der Waals surface area contributed by atoms with Gasteiger partial charge >= 0.3 is 0 Å². The van der Waals surface area contributed by atoms with E-state index in [0.717, 1.165) is 29.8 Å². The number of rotatable bonds is 1. The van der Waals surface area contributed by atoms with Gasteiger partial charge in [0.2, 0.25) is 0 Å². The van der Waals surface area contributed by atoms with Gasteiger partial charge in [0, 0.05) is 23.9 Å². The fraction of sp³-hybridized carbons (Fsp3) is 0.300. The Kier molecular flexibility index (Phi) is 2.26. The van der Waals surface area contributed by atoms with Crippen molar-refractivity contribution in [2.45, 2.75) is 19.8 Å². The van der Waals surface area contributed by atoms with Gasteiger partial charge in [0.05, 0.1) is 5.71 Å². The Hall–Kier alpha value is -1.71. The average Bonchev–Trinajstić information content (AvgIpc) is 2.21. The van der Waals surface area contributed by atoms with Gasteiger partial charge in [-0.25, -0.2) is 0 Å². The maximum absolute atomic E-state index is 5.53. The van der Waals surface area contributed by atoms with Crippen LogP contribution in [0.4, 0.5) is 0 Å². The van der Waals surface area contributed by atoms with Gasteiger partial charge in [0.1, 0.15) is 5.84 Å². The van der Waals surface area contributed by atoms with Crippen LogP contribution in [0.15, 0.2) is 28.5 Å². The quantitative estimate of drug-likeness (QED) is 0.720. The van der Waals surface area contributed by atoms with Gasteiger partial charge in [-0.1, -0.05) is 0 Å². The van der Waals surface area contributed by atoms with E-state index in [-0.39, 0.29) is 0 Å². The Morgan fingerprint density at radius 1 is 1.21 bits per heavy atom. The molecule has 0 amide bonds. The Labute approximate surface area is 82.6 Å². The van der Waals surface area contributed by atoms with E-state index in [0.29, 0.717) is 5.84 Å². The molecule has 14 heavy (non-hydrogen) atoms. The van der Waals surface area contributed by atoms with E-state index in [1.165, 1.54) is 0 Å². The number of aromatic nitrogens is 1. The SMILES string of the molecule is Cc1ccc(C2=NN=C(N)CC2)cn1. The average molecular weight is 188 g/mol. The zero-order valence-electron chi connectivity index (χ0n) is 8.07. The predicted octanol–water partition coefficient (Wildman–Crippen LogP) is 1.25.